The molecular formula is C11H14INO2. The largest absolute Gasteiger partial charge is 0.481 e. The van der Waals surface area contributed by atoms with E-state index in [1.807, 2.05) is 31.2 Å². The maximum atomic E-state index is 10.8. The van der Waals surface area contributed by atoms with Crippen molar-refractivity contribution in [3.8, 4) is 0 Å². The Morgan fingerprint density at radius 3 is 2.53 bits per heavy atom. The normalized spacial score (nSPS) is 14.3. The molecule has 0 aliphatic heterocycles. The van der Waals surface area contributed by atoms with Gasteiger partial charge in [-0.25, -0.2) is 0 Å². The van der Waals surface area contributed by atoms with Crippen LogP contribution in [-0.4, -0.2) is 17.1 Å². The van der Waals surface area contributed by atoms with Gasteiger partial charge in [-0.05, 0) is 48.6 Å². The van der Waals surface area contributed by atoms with Crippen LogP contribution in [0.1, 0.15) is 13.8 Å². The minimum atomic E-state index is -0.777. The number of carbonyl (C=O) groups is 1. The zero-order valence-electron chi connectivity index (χ0n) is 8.70. The van der Waals surface area contributed by atoms with Gasteiger partial charge >= 0.3 is 5.97 Å². The predicted molar refractivity (Wildman–Crippen MR) is 69.0 cm³/mol. The van der Waals surface area contributed by atoms with E-state index in [0.29, 0.717) is 0 Å². The second-order valence-corrected chi connectivity index (χ2v) is 4.70. The van der Waals surface area contributed by atoms with Crippen LogP contribution in [0.25, 0.3) is 0 Å². The highest BCUT2D eigenvalue weighted by Gasteiger charge is 2.19. The van der Waals surface area contributed by atoms with E-state index in [0.717, 1.165) is 9.26 Å². The highest BCUT2D eigenvalue weighted by molar-refractivity contribution is 14.1. The topological polar surface area (TPSA) is 49.3 Å². The Hall–Kier alpha value is -0.780. The molecule has 3 nitrogen and oxygen atoms in total. The van der Waals surface area contributed by atoms with E-state index in [-0.39, 0.29) is 6.04 Å². The van der Waals surface area contributed by atoms with Crippen LogP contribution < -0.4 is 5.32 Å². The Labute approximate surface area is 103 Å². The first kappa shape index (κ1) is 12.3. The van der Waals surface area contributed by atoms with Crippen LogP contribution >= 0.6 is 22.6 Å². The van der Waals surface area contributed by atoms with Gasteiger partial charge in [-0.3, -0.25) is 4.79 Å². The SMILES string of the molecule is CC(Nc1ccccc1I)C(C)C(=O)O. The zero-order valence-corrected chi connectivity index (χ0v) is 10.9. The molecule has 0 spiro atoms. The van der Waals surface area contributed by atoms with Crippen molar-refractivity contribution >= 4 is 34.2 Å². The van der Waals surface area contributed by atoms with Crippen molar-refractivity contribution in [2.75, 3.05) is 5.32 Å². The highest BCUT2D eigenvalue weighted by Crippen LogP contribution is 2.19. The lowest BCUT2D eigenvalue weighted by atomic mass is 10.0. The van der Waals surface area contributed by atoms with Gasteiger partial charge in [0.1, 0.15) is 0 Å². The fourth-order valence-electron chi connectivity index (χ4n) is 1.16. The molecule has 0 amide bonds. The summed E-state index contributed by atoms with van der Waals surface area (Å²) in [5.41, 5.74) is 0.985. The van der Waals surface area contributed by atoms with E-state index in [9.17, 15) is 4.79 Å². The number of nitrogens with one attached hydrogen (secondary N) is 1. The fraction of sp³-hybridized carbons (Fsp3) is 0.364. The van der Waals surface area contributed by atoms with Crippen LogP contribution in [0.2, 0.25) is 0 Å². The Morgan fingerprint density at radius 2 is 2.00 bits per heavy atom. The Balaban J connectivity index is 2.70. The van der Waals surface area contributed by atoms with Crippen molar-refractivity contribution < 1.29 is 9.90 Å². The van der Waals surface area contributed by atoms with Crippen molar-refractivity contribution in [3.05, 3.63) is 27.8 Å². The number of hydrogen-bond donors (Lipinski definition) is 2. The number of para-hydroxylation sites is 1. The second kappa shape index (κ2) is 5.34. The van der Waals surface area contributed by atoms with Crippen LogP contribution in [-0.2, 0) is 4.79 Å². The summed E-state index contributed by atoms with van der Waals surface area (Å²) in [6.45, 7) is 3.58. The molecule has 0 saturated carbocycles. The number of carboxylic acids is 1. The molecule has 0 bridgehead atoms. The van der Waals surface area contributed by atoms with Crippen LogP contribution in [0.5, 0.6) is 0 Å². The number of aliphatic carboxylic acids is 1. The third-order valence-electron chi connectivity index (χ3n) is 2.40. The molecule has 2 unspecified atom stereocenters. The van der Waals surface area contributed by atoms with Gasteiger partial charge in [0.2, 0.25) is 0 Å². The predicted octanol–water partition coefficient (Wildman–Crippen LogP) is 2.81. The lowest BCUT2D eigenvalue weighted by Crippen LogP contribution is -2.29. The Kier molecular flexibility index (Phi) is 4.38. The van der Waals surface area contributed by atoms with E-state index >= 15 is 0 Å². The second-order valence-electron chi connectivity index (χ2n) is 3.54. The summed E-state index contributed by atoms with van der Waals surface area (Å²) in [6, 6.07) is 7.74. The monoisotopic (exact) mass is 319 g/mol. The van der Waals surface area contributed by atoms with E-state index < -0.39 is 11.9 Å². The first-order chi connectivity index (χ1) is 7.02. The van der Waals surface area contributed by atoms with Crippen molar-refractivity contribution in [1.82, 2.24) is 0 Å². The van der Waals surface area contributed by atoms with Crippen LogP contribution in [0.4, 0.5) is 5.69 Å². The summed E-state index contributed by atoms with van der Waals surface area (Å²) >= 11 is 2.22. The van der Waals surface area contributed by atoms with Crippen molar-refractivity contribution in [2.45, 2.75) is 19.9 Å². The molecule has 0 aromatic heterocycles. The van der Waals surface area contributed by atoms with E-state index in [4.69, 9.17) is 5.11 Å². The van der Waals surface area contributed by atoms with Gasteiger partial charge in [-0.1, -0.05) is 12.1 Å². The van der Waals surface area contributed by atoms with Gasteiger partial charge in [0.15, 0.2) is 0 Å². The molecule has 1 aromatic carbocycles. The van der Waals surface area contributed by atoms with Gasteiger partial charge in [-0.2, -0.15) is 0 Å². The van der Waals surface area contributed by atoms with E-state index in [2.05, 4.69) is 27.9 Å². The highest BCUT2D eigenvalue weighted by atomic mass is 127. The molecule has 0 aliphatic rings. The smallest absolute Gasteiger partial charge is 0.308 e. The third-order valence-corrected chi connectivity index (χ3v) is 3.34. The molecule has 1 rings (SSSR count). The lowest BCUT2D eigenvalue weighted by Gasteiger charge is -2.19. The lowest BCUT2D eigenvalue weighted by molar-refractivity contribution is -0.141. The average Bonchev–Trinajstić information content (AvgIpc) is 2.20. The quantitative estimate of drug-likeness (QED) is 0.839. The summed E-state index contributed by atoms with van der Waals surface area (Å²) in [5.74, 6) is -1.18. The molecule has 0 radical (unpaired) electrons. The number of rotatable bonds is 4. The summed E-state index contributed by atoms with van der Waals surface area (Å²) in [5, 5.41) is 12.1. The Morgan fingerprint density at radius 1 is 1.40 bits per heavy atom. The van der Waals surface area contributed by atoms with Gasteiger partial charge < -0.3 is 10.4 Å². The molecule has 15 heavy (non-hydrogen) atoms. The zero-order chi connectivity index (χ0) is 11.4. The van der Waals surface area contributed by atoms with Crippen LogP contribution in [0.15, 0.2) is 24.3 Å². The van der Waals surface area contributed by atoms with Crippen molar-refractivity contribution in [3.63, 3.8) is 0 Å². The Bertz CT molecular complexity index is 354. The molecule has 0 heterocycles. The molecule has 0 aliphatic carbocycles. The molecular weight excluding hydrogens is 305 g/mol. The fourth-order valence-corrected chi connectivity index (χ4v) is 1.71. The molecule has 4 heteroatoms. The molecule has 2 atom stereocenters. The van der Waals surface area contributed by atoms with Gasteiger partial charge in [-0.15, -0.1) is 0 Å². The van der Waals surface area contributed by atoms with Crippen molar-refractivity contribution in [2.24, 2.45) is 5.92 Å². The molecule has 0 saturated heterocycles. The van der Waals surface area contributed by atoms with Gasteiger partial charge in [0, 0.05) is 15.3 Å². The summed E-state index contributed by atoms with van der Waals surface area (Å²) < 4.78 is 1.10. The third kappa shape index (κ3) is 3.37. The summed E-state index contributed by atoms with van der Waals surface area (Å²) in [4.78, 5) is 10.8. The molecule has 82 valence electrons. The van der Waals surface area contributed by atoms with Gasteiger partial charge in [0.05, 0.1) is 5.92 Å². The number of anilines is 1. The number of hydrogen-bond acceptors (Lipinski definition) is 2. The summed E-state index contributed by atoms with van der Waals surface area (Å²) in [6.07, 6.45) is 0. The average molecular weight is 319 g/mol. The maximum Gasteiger partial charge on any atom is 0.308 e. The first-order valence-corrected chi connectivity index (χ1v) is 5.84. The standard InChI is InChI=1S/C11H14INO2/c1-7(11(14)15)8(2)13-10-6-4-3-5-9(10)12/h3-8,13H,1-2H3,(H,14,15). The molecule has 2 N–H and O–H groups in total. The van der Waals surface area contributed by atoms with Crippen LogP contribution in [0, 0.1) is 9.49 Å². The first-order valence-electron chi connectivity index (χ1n) is 4.76. The van der Waals surface area contributed by atoms with Gasteiger partial charge in [0.25, 0.3) is 0 Å². The van der Waals surface area contributed by atoms with Crippen LogP contribution in [0.3, 0.4) is 0 Å². The minimum Gasteiger partial charge on any atom is -0.481 e. The molecule has 0 fully saturated rings. The number of halogens is 1. The van der Waals surface area contributed by atoms with E-state index in [1.54, 1.807) is 6.92 Å². The molecule has 1 aromatic rings. The number of carboxylic acid groups (broad SMARTS) is 1. The minimum absolute atomic E-state index is 0.0848. The van der Waals surface area contributed by atoms with Crippen molar-refractivity contribution in [1.29, 1.82) is 0 Å². The number of benzene rings is 1. The summed E-state index contributed by atoms with van der Waals surface area (Å²) in [7, 11) is 0. The van der Waals surface area contributed by atoms with E-state index in [1.165, 1.54) is 0 Å². The maximum absolute atomic E-state index is 10.8.